The van der Waals surface area contributed by atoms with Crippen molar-refractivity contribution in [3.63, 3.8) is 0 Å². The van der Waals surface area contributed by atoms with Gasteiger partial charge in [-0.25, -0.2) is 8.78 Å². The molecule has 1 N–H and O–H groups in total. The van der Waals surface area contributed by atoms with Crippen LogP contribution < -0.4 is 0 Å². The fraction of sp³-hybridized carbons (Fsp3) is 0.143. The molecule has 2 rings (SSSR count). The fourth-order valence-corrected chi connectivity index (χ4v) is 1.97. The fourth-order valence-electron chi connectivity index (χ4n) is 1.97. The summed E-state index contributed by atoms with van der Waals surface area (Å²) in [5.41, 5.74) is 2.14. The monoisotopic (exact) mass is 234 g/mol. The summed E-state index contributed by atoms with van der Waals surface area (Å²) in [4.78, 5) is 0. The van der Waals surface area contributed by atoms with Crippen molar-refractivity contribution in [2.45, 2.75) is 13.8 Å². The third kappa shape index (κ3) is 2.13. The summed E-state index contributed by atoms with van der Waals surface area (Å²) in [6, 6.07) is 6.78. The highest BCUT2D eigenvalue weighted by molar-refractivity contribution is 5.73. The number of phenolic OH excluding ortho intramolecular Hbond substituents is 1. The molecule has 0 aliphatic heterocycles. The molecule has 2 aromatic carbocycles. The van der Waals surface area contributed by atoms with Gasteiger partial charge in [-0.1, -0.05) is 6.07 Å². The molecule has 0 spiro atoms. The van der Waals surface area contributed by atoms with E-state index in [1.54, 1.807) is 13.8 Å². The number of benzene rings is 2. The number of rotatable bonds is 1. The maximum atomic E-state index is 13.9. The number of aromatic hydroxyl groups is 1. The summed E-state index contributed by atoms with van der Waals surface area (Å²) < 4.78 is 26.7. The largest absolute Gasteiger partial charge is 0.507 e. The van der Waals surface area contributed by atoms with E-state index in [4.69, 9.17) is 0 Å². The van der Waals surface area contributed by atoms with Crippen molar-refractivity contribution in [2.75, 3.05) is 0 Å². The zero-order valence-electron chi connectivity index (χ0n) is 9.59. The zero-order valence-corrected chi connectivity index (χ0v) is 9.59. The van der Waals surface area contributed by atoms with Gasteiger partial charge in [-0.15, -0.1) is 0 Å². The molecule has 17 heavy (non-hydrogen) atoms. The van der Waals surface area contributed by atoms with Gasteiger partial charge in [0.25, 0.3) is 0 Å². The third-order valence-electron chi connectivity index (χ3n) is 2.66. The molecule has 88 valence electrons. The van der Waals surface area contributed by atoms with Gasteiger partial charge in [0.05, 0.1) is 0 Å². The van der Waals surface area contributed by atoms with E-state index < -0.39 is 11.6 Å². The second kappa shape index (κ2) is 4.17. The molecule has 0 unspecified atom stereocenters. The second-order valence-corrected chi connectivity index (χ2v) is 4.10. The summed E-state index contributed by atoms with van der Waals surface area (Å²) in [6.45, 7) is 3.55. The lowest BCUT2D eigenvalue weighted by molar-refractivity contribution is 0.470. The van der Waals surface area contributed by atoms with Crippen LogP contribution in [0, 0.1) is 25.5 Å². The van der Waals surface area contributed by atoms with Crippen LogP contribution in [0.3, 0.4) is 0 Å². The summed E-state index contributed by atoms with van der Waals surface area (Å²) in [5.74, 6) is -1.21. The molecule has 1 nitrogen and oxygen atoms in total. The zero-order chi connectivity index (χ0) is 12.6. The van der Waals surface area contributed by atoms with Gasteiger partial charge < -0.3 is 5.11 Å². The highest BCUT2D eigenvalue weighted by Gasteiger charge is 2.13. The van der Waals surface area contributed by atoms with Crippen molar-refractivity contribution in [1.29, 1.82) is 0 Å². The van der Waals surface area contributed by atoms with E-state index in [0.29, 0.717) is 16.7 Å². The Morgan fingerprint density at radius 3 is 2.29 bits per heavy atom. The average molecular weight is 234 g/mol. The van der Waals surface area contributed by atoms with Gasteiger partial charge in [-0.2, -0.15) is 0 Å². The van der Waals surface area contributed by atoms with Gasteiger partial charge in [-0.3, -0.25) is 0 Å². The highest BCUT2D eigenvalue weighted by atomic mass is 19.1. The first-order valence-corrected chi connectivity index (χ1v) is 5.24. The van der Waals surface area contributed by atoms with Gasteiger partial charge in [0.2, 0.25) is 0 Å². The predicted molar refractivity (Wildman–Crippen MR) is 62.9 cm³/mol. The summed E-state index contributed by atoms with van der Waals surface area (Å²) in [7, 11) is 0. The third-order valence-corrected chi connectivity index (χ3v) is 2.66. The molecule has 0 atom stereocenters. The molecule has 0 aromatic heterocycles. The Kier molecular flexibility index (Phi) is 2.84. The predicted octanol–water partition coefficient (Wildman–Crippen LogP) is 3.95. The molecular weight excluding hydrogens is 222 g/mol. The molecule has 3 heteroatoms. The Labute approximate surface area is 98.3 Å². The van der Waals surface area contributed by atoms with Crippen LogP contribution in [-0.2, 0) is 0 Å². The molecule has 0 amide bonds. The SMILES string of the molecule is Cc1cc(C)c(-c2ccc(F)cc2O)c(F)c1. The Balaban J connectivity index is 2.68. The smallest absolute Gasteiger partial charge is 0.131 e. The van der Waals surface area contributed by atoms with E-state index in [1.165, 1.54) is 18.2 Å². The minimum atomic E-state index is -0.545. The van der Waals surface area contributed by atoms with Crippen LogP contribution in [0.5, 0.6) is 5.75 Å². The van der Waals surface area contributed by atoms with Crippen LogP contribution >= 0.6 is 0 Å². The lowest BCUT2D eigenvalue weighted by atomic mass is 9.97. The van der Waals surface area contributed by atoms with E-state index in [1.807, 2.05) is 6.07 Å². The standard InChI is InChI=1S/C14H12F2O/c1-8-5-9(2)14(12(16)6-8)11-4-3-10(15)7-13(11)17/h3-7,17H,1-2H3. The first kappa shape index (κ1) is 11.6. The van der Waals surface area contributed by atoms with Crippen molar-refractivity contribution >= 4 is 0 Å². The first-order chi connectivity index (χ1) is 7.99. The van der Waals surface area contributed by atoms with Crippen molar-refractivity contribution < 1.29 is 13.9 Å². The normalized spacial score (nSPS) is 10.6. The molecule has 0 bridgehead atoms. The van der Waals surface area contributed by atoms with Crippen LogP contribution in [0.1, 0.15) is 11.1 Å². The number of halogens is 2. The molecular formula is C14H12F2O. The minimum absolute atomic E-state index is 0.254. The summed E-state index contributed by atoms with van der Waals surface area (Å²) >= 11 is 0. The van der Waals surface area contributed by atoms with Gasteiger partial charge in [0.15, 0.2) is 0 Å². The van der Waals surface area contributed by atoms with E-state index >= 15 is 0 Å². The maximum absolute atomic E-state index is 13.9. The van der Waals surface area contributed by atoms with Crippen LogP contribution in [0.4, 0.5) is 8.78 Å². The van der Waals surface area contributed by atoms with E-state index in [0.717, 1.165) is 11.6 Å². The maximum Gasteiger partial charge on any atom is 0.131 e. The Morgan fingerprint density at radius 2 is 1.71 bits per heavy atom. The van der Waals surface area contributed by atoms with Crippen molar-refractivity contribution in [1.82, 2.24) is 0 Å². The molecule has 0 radical (unpaired) electrons. The van der Waals surface area contributed by atoms with E-state index in [-0.39, 0.29) is 5.75 Å². The Morgan fingerprint density at radius 1 is 1.00 bits per heavy atom. The molecule has 2 aromatic rings. The van der Waals surface area contributed by atoms with Crippen LogP contribution in [0.25, 0.3) is 11.1 Å². The minimum Gasteiger partial charge on any atom is -0.507 e. The van der Waals surface area contributed by atoms with Crippen molar-refractivity contribution in [3.05, 3.63) is 53.1 Å². The van der Waals surface area contributed by atoms with Crippen molar-refractivity contribution in [3.8, 4) is 16.9 Å². The van der Waals surface area contributed by atoms with Crippen LogP contribution in [0.15, 0.2) is 30.3 Å². The number of hydrogen-bond acceptors (Lipinski definition) is 1. The molecule has 0 aliphatic rings. The summed E-state index contributed by atoms with van der Waals surface area (Å²) in [5, 5.41) is 9.66. The number of phenols is 1. The lowest BCUT2D eigenvalue weighted by Gasteiger charge is -2.10. The lowest BCUT2D eigenvalue weighted by Crippen LogP contribution is -1.92. The molecule has 0 saturated heterocycles. The van der Waals surface area contributed by atoms with Crippen LogP contribution in [-0.4, -0.2) is 5.11 Å². The summed E-state index contributed by atoms with van der Waals surface area (Å²) in [6.07, 6.45) is 0. The number of aryl methyl sites for hydroxylation is 2. The quantitative estimate of drug-likeness (QED) is 0.792. The van der Waals surface area contributed by atoms with Gasteiger partial charge in [0, 0.05) is 17.2 Å². The van der Waals surface area contributed by atoms with E-state index in [2.05, 4.69) is 0 Å². The van der Waals surface area contributed by atoms with E-state index in [9.17, 15) is 13.9 Å². The molecule has 0 aliphatic carbocycles. The number of hydrogen-bond donors (Lipinski definition) is 1. The first-order valence-electron chi connectivity index (χ1n) is 5.24. The Hall–Kier alpha value is -1.90. The topological polar surface area (TPSA) is 20.2 Å². The average Bonchev–Trinajstić information content (AvgIpc) is 2.19. The van der Waals surface area contributed by atoms with Gasteiger partial charge >= 0.3 is 0 Å². The van der Waals surface area contributed by atoms with Crippen LogP contribution in [0.2, 0.25) is 0 Å². The van der Waals surface area contributed by atoms with Gasteiger partial charge in [-0.05, 0) is 43.2 Å². The van der Waals surface area contributed by atoms with Crippen molar-refractivity contribution in [2.24, 2.45) is 0 Å². The molecule has 0 saturated carbocycles. The highest BCUT2D eigenvalue weighted by Crippen LogP contribution is 2.34. The molecule has 0 fully saturated rings. The van der Waals surface area contributed by atoms with Gasteiger partial charge in [0.1, 0.15) is 17.4 Å². The Bertz CT molecular complexity index is 553. The molecule has 0 heterocycles. The second-order valence-electron chi connectivity index (χ2n) is 4.10.